The van der Waals surface area contributed by atoms with Crippen LogP contribution in [0.4, 0.5) is 0 Å². The van der Waals surface area contributed by atoms with Crippen molar-refractivity contribution in [2.24, 2.45) is 5.41 Å². The zero-order valence-electron chi connectivity index (χ0n) is 12.2. The molecule has 104 valence electrons. The van der Waals surface area contributed by atoms with E-state index in [1.165, 1.54) is 13.2 Å². The van der Waals surface area contributed by atoms with E-state index in [0.29, 0.717) is 24.3 Å². The Hall–Kier alpha value is -1.58. The van der Waals surface area contributed by atoms with Gasteiger partial charge in [0.25, 0.3) is 0 Å². The number of nitrogens with zero attached hydrogens (tertiary/aromatic N) is 1. The summed E-state index contributed by atoms with van der Waals surface area (Å²) in [6.45, 7) is 8.46. The Morgan fingerprint density at radius 3 is 2.42 bits per heavy atom. The van der Waals surface area contributed by atoms with Crippen LogP contribution in [0.3, 0.4) is 0 Å². The van der Waals surface area contributed by atoms with Crippen LogP contribution < -0.4 is 0 Å². The van der Waals surface area contributed by atoms with Crippen molar-refractivity contribution in [3.05, 3.63) is 23.5 Å². The molecule has 0 aromatic carbocycles. The van der Waals surface area contributed by atoms with Crippen molar-refractivity contribution in [2.45, 2.75) is 39.7 Å². The fraction of sp³-hybridized carbons (Fsp3) is 0.600. The number of rotatable bonds is 1. The summed E-state index contributed by atoms with van der Waals surface area (Å²) in [5, 5.41) is 0. The second-order valence-electron chi connectivity index (χ2n) is 6.20. The van der Waals surface area contributed by atoms with E-state index in [4.69, 9.17) is 4.74 Å². The number of carbonyl (C=O) groups is 2. The molecule has 1 fully saturated rings. The first kappa shape index (κ1) is 13.8. The third kappa shape index (κ3) is 1.90. The zero-order chi connectivity index (χ0) is 14.4. The molecule has 1 unspecified atom stereocenters. The Labute approximate surface area is 114 Å². The van der Waals surface area contributed by atoms with Crippen LogP contribution >= 0.6 is 0 Å². The number of hydrogen-bond donors (Lipinski definition) is 0. The minimum absolute atomic E-state index is 0.0277. The summed E-state index contributed by atoms with van der Waals surface area (Å²) >= 11 is 0. The molecule has 19 heavy (non-hydrogen) atoms. The van der Waals surface area contributed by atoms with Crippen LogP contribution in [0.1, 0.15) is 34.1 Å². The molecular weight excluding hydrogens is 242 g/mol. The average Bonchev–Trinajstić information content (AvgIpc) is 2.64. The zero-order valence-corrected chi connectivity index (χ0v) is 12.2. The number of allylic oxidation sites excluding steroid dienone is 2. The van der Waals surface area contributed by atoms with E-state index in [1.54, 1.807) is 13.0 Å². The summed E-state index contributed by atoms with van der Waals surface area (Å²) in [4.78, 5) is 26.4. The molecule has 0 aromatic rings. The number of hydrogen-bond acceptors (Lipinski definition) is 3. The van der Waals surface area contributed by atoms with Crippen molar-refractivity contribution in [3.8, 4) is 0 Å². The first-order valence-electron chi connectivity index (χ1n) is 6.55. The second kappa shape index (κ2) is 4.22. The van der Waals surface area contributed by atoms with Gasteiger partial charge >= 0.3 is 0 Å². The Bertz CT molecular complexity index is 496. The van der Waals surface area contributed by atoms with Crippen molar-refractivity contribution in [1.82, 2.24) is 4.90 Å². The van der Waals surface area contributed by atoms with E-state index in [1.807, 2.05) is 25.7 Å². The van der Waals surface area contributed by atoms with Gasteiger partial charge in [-0.3, -0.25) is 9.59 Å². The summed E-state index contributed by atoms with van der Waals surface area (Å²) in [6, 6.07) is 0. The van der Waals surface area contributed by atoms with Gasteiger partial charge in [0.05, 0.1) is 7.11 Å². The molecule has 2 aliphatic rings. The van der Waals surface area contributed by atoms with Gasteiger partial charge in [-0.2, -0.15) is 0 Å². The van der Waals surface area contributed by atoms with E-state index in [2.05, 4.69) is 0 Å². The second-order valence-corrected chi connectivity index (χ2v) is 6.20. The molecule has 2 rings (SSSR count). The van der Waals surface area contributed by atoms with Crippen LogP contribution in [0.25, 0.3) is 0 Å². The lowest BCUT2D eigenvalue weighted by Crippen LogP contribution is -2.46. The average molecular weight is 263 g/mol. The Balaban J connectivity index is 2.48. The maximum absolute atomic E-state index is 12.8. The molecule has 0 aromatic heterocycles. The predicted molar refractivity (Wildman–Crippen MR) is 72.4 cm³/mol. The summed E-state index contributed by atoms with van der Waals surface area (Å²) in [5.74, 6) is 0.459. The summed E-state index contributed by atoms with van der Waals surface area (Å²) in [6.07, 6.45) is 3.88. The lowest BCUT2D eigenvalue weighted by molar-refractivity contribution is -0.137. The number of likely N-dealkylation sites (tertiary alicyclic amines) is 1. The molecule has 1 spiro atoms. The van der Waals surface area contributed by atoms with Crippen LogP contribution in [0.5, 0.6) is 0 Å². The highest BCUT2D eigenvalue weighted by Crippen LogP contribution is 2.46. The van der Waals surface area contributed by atoms with E-state index in [9.17, 15) is 9.59 Å². The van der Waals surface area contributed by atoms with Gasteiger partial charge in [-0.05, 0) is 40.2 Å². The SMILES string of the molecule is COC1=C(C)C(=O)C=CC12CCN(C(C)(C)C)C2=O. The van der Waals surface area contributed by atoms with Crippen LogP contribution in [0.15, 0.2) is 23.5 Å². The van der Waals surface area contributed by atoms with Gasteiger partial charge in [0, 0.05) is 17.7 Å². The number of carbonyl (C=O) groups excluding carboxylic acids is 2. The molecular formula is C15H21NO3. The van der Waals surface area contributed by atoms with Crippen LogP contribution in [-0.2, 0) is 14.3 Å². The first-order chi connectivity index (χ1) is 8.74. The normalized spacial score (nSPS) is 27.7. The lowest BCUT2D eigenvalue weighted by Gasteiger charge is -2.35. The minimum Gasteiger partial charge on any atom is -0.499 e. The smallest absolute Gasteiger partial charge is 0.240 e. The molecule has 4 nitrogen and oxygen atoms in total. The molecule has 4 heteroatoms. The highest BCUT2D eigenvalue weighted by Gasteiger charge is 2.53. The lowest BCUT2D eigenvalue weighted by atomic mass is 9.77. The first-order valence-corrected chi connectivity index (χ1v) is 6.55. The summed E-state index contributed by atoms with van der Waals surface area (Å²) < 4.78 is 5.40. The van der Waals surface area contributed by atoms with Gasteiger partial charge in [0.2, 0.25) is 5.91 Å². The predicted octanol–water partition coefficient (Wildman–Crippen LogP) is 2.06. The summed E-state index contributed by atoms with van der Waals surface area (Å²) in [7, 11) is 1.53. The van der Waals surface area contributed by atoms with Crippen LogP contribution in [0, 0.1) is 5.41 Å². The molecule has 0 N–H and O–H groups in total. The molecule has 0 radical (unpaired) electrons. The number of ketones is 1. The largest absolute Gasteiger partial charge is 0.499 e. The van der Waals surface area contributed by atoms with Crippen molar-refractivity contribution < 1.29 is 14.3 Å². The standard InChI is InChI=1S/C15H21NO3/c1-10-11(17)6-7-15(12(10)19-5)8-9-16(13(15)18)14(2,3)4/h6-7H,8-9H2,1-5H3. The van der Waals surface area contributed by atoms with Gasteiger partial charge in [-0.15, -0.1) is 0 Å². The monoisotopic (exact) mass is 263 g/mol. The topological polar surface area (TPSA) is 46.6 Å². The third-order valence-electron chi connectivity index (χ3n) is 4.01. The molecule has 0 bridgehead atoms. The van der Waals surface area contributed by atoms with Crippen LogP contribution in [-0.4, -0.2) is 35.8 Å². The highest BCUT2D eigenvalue weighted by molar-refractivity contribution is 6.08. The number of methoxy groups -OCH3 is 1. The molecule has 1 saturated heterocycles. The van der Waals surface area contributed by atoms with Crippen LogP contribution in [0.2, 0.25) is 0 Å². The van der Waals surface area contributed by atoms with Gasteiger partial charge in [-0.25, -0.2) is 0 Å². The molecule has 1 atom stereocenters. The van der Waals surface area contributed by atoms with E-state index in [-0.39, 0.29) is 17.2 Å². The van der Waals surface area contributed by atoms with Crippen molar-refractivity contribution in [2.75, 3.05) is 13.7 Å². The maximum atomic E-state index is 12.8. The molecule has 1 aliphatic heterocycles. The number of ether oxygens (including phenoxy) is 1. The van der Waals surface area contributed by atoms with E-state index >= 15 is 0 Å². The molecule has 0 saturated carbocycles. The minimum atomic E-state index is -0.778. The summed E-state index contributed by atoms with van der Waals surface area (Å²) in [5.41, 5.74) is -0.461. The van der Waals surface area contributed by atoms with Gasteiger partial charge < -0.3 is 9.64 Å². The van der Waals surface area contributed by atoms with E-state index < -0.39 is 5.41 Å². The highest BCUT2D eigenvalue weighted by atomic mass is 16.5. The fourth-order valence-electron chi connectivity index (χ4n) is 2.94. The van der Waals surface area contributed by atoms with Crippen molar-refractivity contribution in [1.29, 1.82) is 0 Å². The molecule has 1 aliphatic carbocycles. The quantitative estimate of drug-likeness (QED) is 0.727. The molecule has 1 amide bonds. The van der Waals surface area contributed by atoms with Crippen molar-refractivity contribution >= 4 is 11.7 Å². The maximum Gasteiger partial charge on any atom is 0.240 e. The molecule has 1 heterocycles. The van der Waals surface area contributed by atoms with E-state index in [0.717, 1.165) is 0 Å². The van der Waals surface area contributed by atoms with Gasteiger partial charge in [0.1, 0.15) is 11.2 Å². The fourth-order valence-corrected chi connectivity index (χ4v) is 2.94. The van der Waals surface area contributed by atoms with Gasteiger partial charge in [0.15, 0.2) is 5.78 Å². The third-order valence-corrected chi connectivity index (χ3v) is 4.01. The van der Waals surface area contributed by atoms with Gasteiger partial charge in [-0.1, -0.05) is 6.08 Å². The Morgan fingerprint density at radius 2 is 1.95 bits per heavy atom. The Morgan fingerprint density at radius 1 is 1.32 bits per heavy atom. The van der Waals surface area contributed by atoms with Crippen molar-refractivity contribution in [3.63, 3.8) is 0 Å². The number of amides is 1. The Kier molecular flexibility index (Phi) is 3.07.